The summed E-state index contributed by atoms with van der Waals surface area (Å²) in [5.74, 6) is 0.225. The Morgan fingerprint density at radius 2 is 1.73 bits per heavy atom. The SMILES string of the molecule is COc1ccc(C(CNC(=O)c2ccc(S(=O)(=O)c3ccccc3)o2)N2CCOCC2)cc1. The molecule has 1 N–H and O–H groups in total. The molecule has 2 aromatic carbocycles. The van der Waals surface area contributed by atoms with E-state index in [1.807, 2.05) is 24.3 Å². The Morgan fingerprint density at radius 1 is 1.03 bits per heavy atom. The maximum absolute atomic E-state index is 12.8. The van der Waals surface area contributed by atoms with Crippen LogP contribution in [0.2, 0.25) is 0 Å². The Morgan fingerprint density at radius 3 is 2.39 bits per heavy atom. The molecule has 174 valence electrons. The fourth-order valence-electron chi connectivity index (χ4n) is 3.75. The monoisotopic (exact) mass is 470 g/mol. The molecule has 1 unspecified atom stereocenters. The molecule has 0 bridgehead atoms. The van der Waals surface area contributed by atoms with Gasteiger partial charge < -0.3 is 19.2 Å². The van der Waals surface area contributed by atoms with Gasteiger partial charge in [-0.15, -0.1) is 0 Å². The van der Waals surface area contributed by atoms with Gasteiger partial charge in [-0.25, -0.2) is 8.42 Å². The molecule has 1 fully saturated rings. The highest BCUT2D eigenvalue weighted by Gasteiger charge is 2.26. The molecule has 1 aliphatic rings. The molecule has 1 saturated heterocycles. The van der Waals surface area contributed by atoms with E-state index in [0.717, 1.165) is 24.4 Å². The van der Waals surface area contributed by atoms with Crippen molar-refractivity contribution in [3.05, 3.63) is 78.1 Å². The lowest BCUT2D eigenvalue weighted by atomic mass is 10.0. The second-order valence-corrected chi connectivity index (χ2v) is 9.46. The molecule has 9 heteroatoms. The van der Waals surface area contributed by atoms with Crippen LogP contribution in [-0.2, 0) is 14.6 Å². The smallest absolute Gasteiger partial charge is 0.287 e. The van der Waals surface area contributed by atoms with E-state index < -0.39 is 15.7 Å². The van der Waals surface area contributed by atoms with Crippen molar-refractivity contribution in [2.24, 2.45) is 0 Å². The molecule has 1 aromatic heterocycles. The molecule has 33 heavy (non-hydrogen) atoms. The minimum absolute atomic E-state index is 0.0556. The molecule has 2 heterocycles. The van der Waals surface area contributed by atoms with Gasteiger partial charge in [0.1, 0.15) is 5.75 Å². The van der Waals surface area contributed by atoms with Crippen LogP contribution in [0.1, 0.15) is 22.2 Å². The summed E-state index contributed by atoms with van der Waals surface area (Å²) in [6, 6.07) is 18.3. The predicted octanol–water partition coefficient (Wildman–Crippen LogP) is 2.92. The van der Waals surface area contributed by atoms with Gasteiger partial charge in [0, 0.05) is 19.6 Å². The number of methoxy groups -OCH3 is 1. The fraction of sp³-hybridized carbons (Fsp3) is 0.292. The first-order chi connectivity index (χ1) is 16.0. The number of nitrogens with zero attached hydrogens (tertiary/aromatic N) is 1. The molecule has 1 amide bonds. The van der Waals surface area contributed by atoms with E-state index in [9.17, 15) is 13.2 Å². The zero-order valence-corrected chi connectivity index (χ0v) is 19.1. The van der Waals surface area contributed by atoms with Crippen molar-refractivity contribution in [2.45, 2.75) is 16.0 Å². The van der Waals surface area contributed by atoms with Gasteiger partial charge in [-0.1, -0.05) is 30.3 Å². The summed E-state index contributed by atoms with van der Waals surface area (Å²) in [7, 11) is -2.21. The lowest BCUT2D eigenvalue weighted by Gasteiger charge is -2.34. The average Bonchev–Trinajstić information content (AvgIpc) is 3.37. The van der Waals surface area contributed by atoms with E-state index >= 15 is 0 Å². The molecule has 4 rings (SSSR count). The van der Waals surface area contributed by atoms with Crippen molar-refractivity contribution in [2.75, 3.05) is 40.0 Å². The zero-order chi connectivity index (χ0) is 23.3. The van der Waals surface area contributed by atoms with Crippen LogP contribution in [0.5, 0.6) is 5.75 Å². The van der Waals surface area contributed by atoms with Crippen LogP contribution in [0.25, 0.3) is 0 Å². The highest BCUT2D eigenvalue weighted by Crippen LogP contribution is 2.25. The first-order valence-electron chi connectivity index (χ1n) is 10.6. The highest BCUT2D eigenvalue weighted by molar-refractivity contribution is 7.91. The Bertz CT molecular complexity index is 1170. The first-order valence-corrected chi connectivity index (χ1v) is 12.1. The van der Waals surface area contributed by atoms with Gasteiger partial charge in [-0.05, 0) is 42.0 Å². The molecule has 0 aliphatic carbocycles. The highest BCUT2D eigenvalue weighted by atomic mass is 32.2. The Kier molecular flexibility index (Phi) is 7.12. The van der Waals surface area contributed by atoms with Crippen molar-refractivity contribution in [1.29, 1.82) is 0 Å². The van der Waals surface area contributed by atoms with Gasteiger partial charge in [0.25, 0.3) is 5.91 Å². The van der Waals surface area contributed by atoms with Gasteiger partial charge in [0.05, 0.1) is 31.3 Å². The summed E-state index contributed by atoms with van der Waals surface area (Å²) in [6.45, 7) is 3.06. The third-order valence-corrected chi connectivity index (χ3v) is 7.21. The van der Waals surface area contributed by atoms with Crippen molar-refractivity contribution < 1.29 is 27.1 Å². The van der Waals surface area contributed by atoms with Crippen molar-refractivity contribution in [3.8, 4) is 5.75 Å². The Hall–Kier alpha value is -3.14. The topological polar surface area (TPSA) is 98.1 Å². The summed E-state index contributed by atoms with van der Waals surface area (Å²) in [5.41, 5.74) is 1.03. The Labute approximate surface area is 193 Å². The second kappa shape index (κ2) is 10.2. The van der Waals surface area contributed by atoms with Crippen molar-refractivity contribution in [1.82, 2.24) is 10.2 Å². The Balaban J connectivity index is 1.48. The number of rotatable bonds is 8. The number of benzene rings is 2. The lowest BCUT2D eigenvalue weighted by Crippen LogP contribution is -2.43. The van der Waals surface area contributed by atoms with Crippen LogP contribution in [0.3, 0.4) is 0 Å². The number of hydrogen-bond donors (Lipinski definition) is 1. The number of carbonyl (C=O) groups is 1. The summed E-state index contributed by atoms with van der Waals surface area (Å²) in [6.07, 6.45) is 0. The van der Waals surface area contributed by atoms with Crippen LogP contribution in [0.15, 0.2) is 81.1 Å². The van der Waals surface area contributed by atoms with Crippen LogP contribution < -0.4 is 10.1 Å². The zero-order valence-electron chi connectivity index (χ0n) is 18.3. The van der Waals surface area contributed by atoms with Crippen LogP contribution in [0, 0.1) is 0 Å². The largest absolute Gasteiger partial charge is 0.497 e. The number of amides is 1. The molecule has 3 aromatic rings. The standard InChI is InChI=1S/C24H26N2O6S/c1-30-19-9-7-18(8-10-19)21(26-13-15-31-16-14-26)17-25-24(27)22-11-12-23(32-22)33(28,29)20-5-3-2-4-6-20/h2-12,21H,13-17H2,1H3,(H,25,27). The summed E-state index contributed by atoms with van der Waals surface area (Å²) in [5, 5.41) is 2.62. The summed E-state index contributed by atoms with van der Waals surface area (Å²) >= 11 is 0. The third-order valence-electron chi connectivity index (χ3n) is 5.57. The van der Waals surface area contributed by atoms with E-state index in [1.165, 1.54) is 24.3 Å². The fourth-order valence-corrected chi connectivity index (χ4v) is 4.95. The number of furan rings is 1. The van der Waals surface area contributed by atoms with E-state index in [-0.39, 0.29) is 21.8 Å². The normalized spacial score (nSPS) is 15.7. The van der Waals surface area contributed by atoms with Gasteiger partial charge in [-0.2, -0.15) is 0 Å². The third kappa shape index (κ3) is 5.27. The van der Waals surface area contributed by atoms with Gasteiger partial charge in [0.2, 0.25) is 14.9 Å². The maximum Gasteiger partial charge on any atom is 0.287 e. The number of hydrogen-bond acceptors (Lipinski definition) is 7. The van der Waals surface area contributed by atoms with E-state index in [1.54, 1.807) is 25.3 Å². The quantitative estimate of drug-likeness (QED) is 0.541. The predicted molar refractivity (Wildman–Crippen MR) is 121 cm³/mol. The molecular weight excluding hydrogens is 444 g/mol. The van der Waals surface area contributed by atoms with Gasteiger partial charge in [-0.3, -0.25) is 9.69 Å². The number of ether oxygens (including phenoxy) is 2. The number of morpholine rings is 1. The van der Waals surface area contributed by atoms with Crippen molar-refractivity contribution in [3.63, 3.8) is 0 Å². The lowest BCUT2D eigenvalue weighted by molar-refractivity contribution is 0.0161. The van der Waals surface area contributed by atoms with Gasteiger partial charge in [0.15, 0.2) is 5.76 Å². The van der Waals surface area contributed by atoms with Crippen LogP contribution in [-0.4, -0.2) is 59.2 Å². The second-order valence-electron chi connectivity index (χ2n) is 7.58. The molecule has 1 aliphatic heterocycles. The molecule has 1 atom stereocenters. The molecule has 0 spiro atoms. The van der Waals surface area contributed by atoms with E-state index in [0.29, 0.717) is 19.8 Å². The van der Waals surface area contributed by atoms with Crippen molar-refractivity contribution >= 4 is 15.7 Å². The molecule has 8 nitrogen and oxygen atoms in total. The van der Waals surface area contributed by atoms with Crippen LogP contribution >= 0.6 is 0 Å². The number of sulfone groups is 1. The first kappa shape index (κ1) is 23.0. The maximum atomic E-state index is 12.8. The van der Waals surface area contributed by atoms with Crippen LogP contribution in [0.4, 0.5) is 0 Å². The number of nitrogens with one attached hydrogen (secondary N) is 1. The minimum Gasteiger partial charge on any atom is -0.497 e. The summed E-state index contributed by atoms with van der Waals surface area (Å²) < 4.78 is 41.6. The van der Waals surface area contributed by atoms with Gasteiger partial charge >= 0.3 is 0 Å². The molecular formula is C24H26N2O6S. The molecule has 0 saturated carbocycles. The summed E-state index contributed by atoms with van der Waals surface area (Å²) in [4.78, 5) is 15.1. The van der Waals surface area contributed by atoms with E-state index in [4.69, 9.17) is 13.9 Å². The molecule has 0 radical (unpaired) electrons. The average molecular weight is 471 g/mol. The minimum atomic E-state index is -3.83. The van der Waals surface area contributed by atoms with E-state index in [2.05, 4.69) is 10.2 Å². The number of carbonyl (C=O) groups excluding carboxylic acids is 1.